The van der Waals surface area contributed by atoms with Crippen LogP contribution in [0.25, 0.3) is 111 Å². The number of para-hydroxylation sites is 5. The third-order valence-corrected chi connectivity index (χ3v) is 11.6. The molecule has 12 aromatic rings. The van der Waals surface area contributed by atoms with Gasteiger partial charge in [0.05, 0.1) is 27.8 Å². The molecule has 0 fully saturated rings. The molecule has 0 atom stereocenters. The van der Waals surface area contributed by atoms with Crippen molar-refractivity contribution in [3.63, 3.8) is 0 Å². The third-order valence-electron chi connectivity index (χ3n) is 11.6. The summed E-state index contributed by atoms with van der Waals surface area (Å²) < 4.78 is 4.52. The standard InChI is InChI=1S/C53H33N5/c1-2-17-39-34(14-1)28-29-35-30-31-37(33-45(35)39)36-15-13-16-38(32-36)51-54-52(56-53(55-51)58-48-25-10-5-20-42(48)43-21-6-11-26-49(43)58)44-22-7-12-27-50(44)57-46-23-8-3-18-40(46)41-19-4-9-24-47(41)57/h1-33H. The number of rotatable bonds is 5. The monoisotopic (exact) mass is 739 g/mol. The molecule has 0 N–H and O–H groups in total. The third kappa shape index (κ3) is 5.00. The maximum Gasteiger partial charge on any atom is 0.238 e. The summed E-state index contributed by atoms with van der Waals surface area (Å²) in [5.74, 6) is 1.77. The molecule has 0 bridgehead atoms. The molecular weight excluding hydrogens is 707 g/mol. The Hall–Kier alpha value is -7.89. The van der Waals surface area contributed by atoms with Crippen molar-refractivity contribution in [3.8, 4) is 45.5 Å². The fraction of sp³-hybridized carbons (Fsp3) is 0. The molecule has 0 aliphatic carbocycles. The normalized spacial score (nSPS) is 11.8. The van der Waals surface area contributed by atoms with Crippen LogP contribution in [0.15, 0.2) is 200 Å². The van der Waals surface area contributed by atoms with E-state index in [0.717, 1.165) is 60.8 Å². The Morgan fingerprint density at radius 2 is 0.776 bits per heavy atom. The van der Waals surface area contributed by atoms with Gasteiger partial charge in [-0.3, -0.25) is 4.57 Å². The van der Waals surface area contributed by atoms with Gasteiger partial charge in [-0.1, -0.05) is 152 Å². The second kappa shape index (κ2) is 12.8. The van der Waals surface area contributed by atoms with Crippen LogP contribution in [-0.4, -0.2) is 24.1 Å². The van der Waals surface area contributed by atoms with Crippen molar-refractivity contribution < 1.29 is 0 Å². The van der Waals surface area contributed by atoms with E-state index in [0.29, 0.717) is 17.6 Å². The Balaban J connectivity index is 1.10. The molecule has 0 aliphatic heterocycles. The van der Waals surface area contributed by atoms with Gasteiger partial charge in [0, 0.05) is 32.7 Å². The maximum atomic E-state index is 5.37. The van der Waals surface area contributed by atoms with Gasteiger partial charge in [0.1, 0.15) is 0 Å². The van der Waals surface area contributed by atoms with Gasteiger partial charge in [-0.2, -0.15) is 9.97 Å². The van der Waals surface area contributed by atoms with Gasteiger partial charge < -0.3 is 4.57 Å². The maximum absolute atomic E-state index is 5.37. The van der Waals surface area contributed by atoms with Crippen LogP contribution in [0, 0.1) is 0 Å². The lowest BCUT2D eigenvalue weighted by Gasteiger charge is -2.15. The van der Waals surface area contributed by atoms with Gasteiger partial charge in [0.2, 0.25) is 5.95 Å². The molecule has 58 heavy (non-hydrogen) atoms. The first-order valence-corrected chi connectivity index (χ1v) is 19.6. The number of benzene rings is 9. The van der Waals surface area contributed by atoms with Crippen LogP contribution in [0.4, 0.5) is 0 Å². The second-order valence-corrected chi connectivity index (χ2v) is 14.8. The summed E-state index contributed by atoms with van der Waals surface area (Å²) >= 11 is 0. The van der Waals surface area contributed by atoms with E-state index in [2.05, 4.69) is 209 Å². The predicted octanol–water partition coefficient (Wildman–Crippen LogP) is 13.4. The minimum absolute atomic E-state index is 0.567. The Kier molecular flexibility index (Phi) is 7.16. The summed E-state index contributed by atoms with van der Waals surface area (Å²) in [6, 6.07) is 70.9. The zero-order valence-corrected chi connectivity index (χ0v) is 31.3. The van der Waals surface area contributed by atoms with Crippen molar-refractivity contribution in [3.05, 3.63) is 200 Å². The molecular formula is C53H33N5. The highest BCUT2D eigenvalue weighted by atomic mass is 15.2. The Morgan fingerprint density at radius 3 is 1.45 bits per heavy atom. The number of hydrogen-bond donors (Lipinski definition) is 0. The van der Waals surface area contributed by atoms with Gasteiger partial charge in [0.15, 0.2) is 11.6 Å². The van der Waals surface area contributed by atoms with Crippen LogP contribution in [0.1, 0.15) is 0 Å². The summed E-state index contributed by atoms with van der Waals surface area (Å²) in [4.78, 5) is 16.0. The van der Waals surface area contributed by atoms with Crippen LogP contribution in [-0.2, 0) is 0 Å². The van der Waals surface area contributed by atoms with Crippen molar-refractivity contribution in [2.75, 3.05) is 0 Å². The summed E-state index contributed by atoms with van der Waals surface area (Å²) in [7, 11) is 0. The minimum Gasteiger partial charge on any atom is -0.309 e. The number of nitrogens with zero attached hydrogens (tertiary/aromatic N) is 5. The molecule has 0 spiro atoms. The van der Waals surface area contributed by atoms with Crippen LogP contribution in [0.5, 0.6) is 0 Å². The van der Waals surface area contributed by atoms with Crippen molar-refractivity contribution in [2.45, 2.75) is 0 Å². The quantitative estimate of drug-likeness (QED) is 0.165. The molecule has 3 aromatic heterocycles. The Labute approximate surface area is 333 Å². The van der Waals surface area contributed by atoms with Gasteiger partial charge in [-0.15, -0.1) is 0 Å². The molecule has 0 aliphatic rings. The molecule has 0 unspecified atom stereocenters. The van der Waals surface area contributed by atoms with Crippen molar-refractivity contribution >= 4 is 65.2 Å². The molecule has 0 amide bonds. The fourth-order valence-corrected chi connectivity index (χ4v) is 8.91. The van der Waals surface area contributed by atoms with E-state index in [1.807, 2.05) is 0 Å². The highest BCUT2D eigenvalue weighted by Gasteiger charge is 2.21. The second-order valence-electron chi connectivity index (χ2n) is 14.8. The average molecular weight is 740 g/mol. The van der Waals surface area contributed by atoms with E-state index >= 15 is 0 Å². The van der Waals surface area contributed by atoms with E-state index in [-0.39, 0.29) is 0 Å². The molecule has 5 nitrogen and oxygen atoms in total. The molecule has 0 saturated carbocycles. The lowest BCUT2D eigenvalue weighted by molar-refractivity contribution is 0.952. The van der Waals surface area contributed by atoms with Crippen molar-refractivity contribution in [1.82, 2.24) is 24.1 Å². The summed E-state index contributed by atoms with van der Waals surface area (Å²) in [5.41, 5.74) is 9.40. The van der Waals surface area contributed by atoms with Crippen molar-refractivity contribution in [1.29, 1.82) is 0 Å². The summed E-state index contributed by atoms with van der Waals surface area (Å²) in [6.07, 6.45) is 0. The Bertz CT molecular complexity index is 3490. The average Bonchev–Trinajstić information content (AvgIpc) is 3.82. The largest absolute Gasteiger partial charge is 0.309 e. The molecule has 5 heteroatoms. The topological polar surface area (TPSA) is 48.5 Å². The Morgan fingerprint density at radius 1 is 0.293 bits per heavy atom. The van der Waals surface area contributed by atoms with Crippen LogP contribution < -0.4 is 0 Å². The van der Waals surface area contributed by atoms with Crippen LogP contribution >= 0.6 is 0 Å². The van der Waals surface area contributed by atoms with Crippen LogP contribution in [0.3, 0.4) is 0 Å². The van der Waals surface area contributed by atoms with E-state index in [9.17, 15) is 0 Å². The molecule has 270 valence electrons. The fourth-order valence-electron chi connectivity index (χ4n) is 8.91. The number of hydrogen-bond acceptors (Lipinski definition) is 3. The van der Waals surface area contributed by atoms with E-state index < -0.39 is 0 Å². The highest BCUT2D eigenvalue weighted by molar-refractivity contribution is 6.11. The summed E-state index contributed by atoms with van der Waals surface area (Å²) in [5, 5.41) is 9.64. The molecule has 0 radical (unpaired) electrons. The SMILES string of the molecule is c1cc(-c2ccc3ccc4ccccc4c3c2)cc(-c2nc(-c3ccccc3-n3c4ccccc4c4ccccc43)nc(-n3c4ccccc4c4ccccc43)n2)c1. The zero-order chi connectivity index (χ0) is 38.2. The van der Waals surface area contributed by atoms with Gasteiger partial charge >= 0.3 is 0 Å². The lowest BCUT2D eigenvalue weighted by Crippen LogP contribution is -2.07. The van der Waals surface area contributed by atoms with Gasteiger partial charge in [-0.05, 0) is 81.2 Å². The first-order chi connectivity index (χ1) is 28.8. The zero-order valence-electron chi connectivity index (χ0n) is 31.3. The summed E-state index contributed by atoms with van der Waals surface area (Å²) in [6.45, 7) is 0. The predicted molar refractivity (Wildman–Crippen MR) is 240 cm³/mol. The first-order valence-electron chi connectivity index (χ1n) is 19.6. The molecule has 0 saturated heterocycles. The van der Waals surface area contributed by atoms with E-state index in [1.165, 1.54) is 32.3 Å². The van der Waals surface area contributed by atoms with E-state index in [4.69, 9.17) is 15.0 Å². The van der Waals surface area contributed by atoms with Gasteiger partial charge in [0.25, 0.3) is 0 Å². The molecule has 12 rings (SSSR count). The molecule has 3 heterocycles. The minimum atomic E-state index is 0.567. The number of fused-ring (bicyclic) bond motifs is 9. The highest BCUT2D eigenvalue weighted by Crippen LogP contribution is 2.38. The van der Waals surface area contributed by atoms with Crippen molar-refractivity contribution in [2.24, 2.45) is 0 Å². The molecule has 9 aromatic carbocycles. The smallest absolute Gasteiger partial charge is 0.238 e. The number of aromatic nitrogens is 5. The van der Waals surface area contributed by atoms with Crippen LogP contribution in [0.2, 0.25) is 0 Å². The van der Waals surface area contributed by atoms with E-state index in [1.54, 1.807) is 0 Å². The lowest BCUT2D eigenvalue weighted by atomic mass is 9.96. The first kappa shape index (κ1) is 32.4. The van der Waals surface area contributed by atoms with Gasteiger partial charge in [-0.25, -0.2) is 4.98 Å².